The van der Waals surface area contributed by atoms with Crippen LogP contribution in [0.15, 0.2) is 48.5 Å². The highest BCUT2D eigenvalue weighted by molar-refractivity contribution is 7.90. The van der Waals surface area contributed by atoms with E-state index in [2.05, 4.69) is 5.32 Å². The van der Waals surface area contributed by atoms with Crippen molar-refractivity contribution in [1.29, 1.82) is 0 Å². The van der Waals surface area contributed by atoms with Crippen LogP contribution >= 0.6 is 0 Å². The lowest BCUT2D eigenvalue weighted by Crippen LogP contribution is -2.27. The number of rotatable bonds is 6. The van der Waals surface area contributed by atoms with Crippen LogP contribution in [0, 0.1) is 12.7 Å². The summed E-state index contributed by atoms with van der Waals surface area (Å²) in [6.45, 7) is 2.19. The minimum Gasteiger partial charge on any atom is -0.305 e. The third-order valence-corrected chi connectivity index (χ3v) is 4.39. The highest BCUT2D eigenvalue weighted by Crippen LogP contribution is 2.16. The molecule has 0 aliphatic carbocycles. The van der Waals surface area contributed by atoms with Crippen molar-refractivity contribution in [3.8, 4) is 0 Å². The first-order valence-corrected chi connectivity index (χ1v) is 9.12. The van der Waals surface area contributed by atoms with Crippen molar-refractivity contribution in [2.24, 2.45) is 0 Å². The fourth-order valence-electron chi connectivity index (χ4n) is 2.32. The third kappa shape index (κ3) is 4.93. The lowest BCUT2D eigenvalue weighted by molar-refractivity contribution is 0.550. The molecular weight excluding hydrogens is 301 g/mol. The Labute approximate surface area is 131 Å². The minimum absolute atomic E-state index is 0.0250. The molecule has 2 rings (SSSR count). The van der Waals surface area contributed by atoms with Crippen molar-refractivity contribution < 1.29 is 12.8 Å². The Kier molecular flexibility index (Phi) is 5.32. The summed E-state index contributed by atoms with van der Waals surface area (Å²) in [5.41, 5.74) is 2.43. The van der Waals surface area contributed by atoms with Gasteiger partial charge in [-0.05, 0) is 29.7 Å². The number of halogens is 1. The highest BCUT2D eigenvalue weighted by Gasteiger charge is 2.17. The SMILES string of the molecule is Cc1cc(CN[C@H](CS(C)(=O)=O)c2ccccc2)ccc1F. The first-order chi connectivity index (χ1) is 10.3. The molecule has 0 spiro atoms. The molecule has 0 fully saturated rings. The normalized spacial score (nSPS) is 13.0. The van der Waals surface area contributed by atoms with E-state index < -0.39 is 9.84 Å². The molecule has 0 saturated carbocycles. The quantitative estimate of drug-likeness (QED) is 0.889. The van der Waals surface area contributed by atoms with E-state index in [1.54, 1.807) is 19.1 Å². The molecule has 0 radical (unpaired) electrons. The van der Waals surface area contributed by atoms with Crippen molar-refractivity contribution in [1.82, 2.24) is 5.32 Å². The standard InChI is InChI=1S/C17H20FNO2S/c1-13-10-14(8-9-16(13)18)11-19-17(12-22(2,20)21)15-6-4-3-5-7-15/h3-10,17,19H,11-12H2,1-2H3/t17-/m1/s1. The number of benzene rings is 2. The summed E-state index contributed by atoms with van der Waals surface area (Å²) in [5.74, 6) is -0.212. The largest absolute Gasteiger partial charge is 0.305 e. The second kappa shape index (κ2) is 7.03. The number of hydrogen-bond donors (Lipinski definition) is 1. The fourth-order valence-corrected chi connectivity index (χ4v) is 3.23. The predicted octanol–water partition coefficient (Wildman–Crippen LogP) is 3.01. The molecule has 5 heteroatoms. The molecule has 1 N–H and O–H groups in total. The average Bonchev–Trinajstić information content (AvgIpc) is 2.47. The maximum atomic E-state index is 13.3. The van der Waals surface area contributed by atoms with Crippen LogP contribution in [0.5, 0.6) is 0 Å². The van der Waals surface area contributed by atoms with E-state index in [4.69, 9.17) is 0 Å². The molecule has 0 aliphatic rings. The van der Waals surface area contributed by atoms with Crippen molar-refractivity contribution in [2.45, 2.75) is 19.5 Å². The van der Waals surface area contributed by atoms with Crippen LogP contribution in [0.2, 0.25) is 0 Å². The van der Waals surface area contributed by atoms with E-state index in [9.17, 15) is 12.8 Å². The number of nitrogens with one attached hydrogen (secondary N) is 1. The van der Waals surface area contributed by atoms with Crippen molar-refractivity contribution in [3.63, 3.8) is 0 Å². The molecule has 0 amide bonds. The van der Waals surface area contributed by atoms with Crippen LogP contribution in [0.4, 0.5) is 4.39 Å². The van der Waals surface area contributed by atoms with E-state index >= 15 is 0 Å². The number of hydrogen-bond acceptors (Lipinski definition) is 3. The molecule has 0 bridgehead atoms. The Morgan fingerprint density at radius 2 is 1.82 bits per heavy atom. The third-order valence-electron chi connectivity index (χ3n) is 3.45. The van der Waals surface area contributed by atoms with E-state index in [-0.39, 0.29) is 17.6 Å². The monoisotopic (exact) mass is 321 g/mol. The second-order valence-electron chi connectivity index (χ2n) is 5.52. The van der Waals surface area contributed by atoms with Crippen LogP contribution in [0.3, 0.4) is 0 Å². The lowest BCUT2D eigenvalue weighted by Gasteiger charge is -2.18. The first kappa shape index (κ1) is 16.6. The van der Waals surface area contributed by atoms with Crippen molar-refractivity contribution in [3.05, 3.63) is 71.0 Å². The van der Waals surface area contributed by atoms with Crippen LogP contribution < -0.4 is 5.32 Å². The maximum Gasteiger partial charge on any atom is 0.149 e. The molecular formula is C17H20FNO2S. The van der Waals surface area contributed by atoms with Gasteiger partial charge in [0.05, 0.1) is 5.75 Å². The molecule has 0 unspecified atom stereocenters. The van der Waals surface area contributed by atoms with Gasteiger partial charge in [-0.2, -0.15) is 0 Å². The molecule has 0 saturated heterocycles. The van der Waals surface area contributed by atoms with Crippen molar-refractivity contribution >= 4 is 9.84 Å². The first-order valence-electron chi connectivity index (χ1n) is 7.06. The Morgan fingerprint density at radius 3 is 2.41 bits per heavy atom. The van der Waals surface area contributed by atoms with Gasteiger partial charge in [0.2, 0.25) is 0 Å². The summed E-state index contributed by atoms with van der Waals surface area (Å²) in [6, 6.07) is 14.1. The van der Waals surface area contributed by atoms with Gasteiger partial charge in [-0.3, -0.25) is 0 Å². The zero-order chi connectivity index (χ0) is 16.2. The molecule has 118 valence electrons. The zero-order valence-electron chi connectivity index (χ0n) is 12.7. The van der Waals surface area contributed by atoms with E-state index in [0.717, 1.165) is 11.1 Å². The van der Waals surface area contributed by atoms with Crippen LogP contribution in [0.25, 0.3) is 0 Å². The maximum absolute atomic E-state index is 13.3. The van der Waals surface area contributed by atoms with E-state index in [1.807, 2.05) is 30.3 Å². The molecule has 0 heterocycles. The van der Waals surface area contributed by atoms with Crippen LogP contribution in [-0.4, -0.2) is 20.4 Å². The second-order valence-corrected chi connectivity index (χ2v) is 7.70. The summed E-state index contributed by atoms with van der Waals surface area (Å²) < 4.78 is 36.6. The van der Waals surface area contributed by atoms with Crippen molar-refractivity contribution in [2.75, 3.05) is 12.0 Å². The van der Waals surface area contributed by atoms with Gasteiger partial charge >= 0.3 is 0 Å². The molecule has 2 aromatic rings. The summed E-state index contributed by atoms with van der Waals surface area (Å²) in [6.07, 6.45) is 1.23. The minimum atomic E-state index is -3.11. The average molecular weight is 321 g/mol. The van der Waals surface area contributed by atoms with Gasteiger partial charge in [0, 0.05) is 18.8 Å². The van der Waals surface area contributed by atoms with Crippen LogP contribution in [0.1, 0.15) is 22.7 Å². The molecule has 2 aromatic carbocycles. The van der Waals surface area contributed by atoms with E-state index in [1.165, 1.54) is 12.3 Å². The summed E-state index contributed by atoms with van der Waals surface area (Å²) in [4.78, 5) is 0. The van der Waals surface area contributed by atoms with Gasteiger partial charge in [0.15, 0.2) is 0 Å². The molecule has 0 aromatic heterocycles. The van der Waals surface area contributed by atoms with Gasteiger partial charge in [-0.1, -0.05) is 42.5 Å². The van der Waals surface area contributed by atoms with Gasteiger partial charge in [0.25, 0.3) is 0 Å². The molecule has 1 atom stereocenters. The number of sulfone groups is 1. The van der Waals surface area contributed by atoms with Gasteiger partial charge in [-0.25, -0.2) is 12.8 Å². The molecule has 0 aliphatic heterocycles. The Hall–Kier alpha value is -1.72. The van der Waals surface area contributed by atoms with Gasteiger partial charge in [-0.15, -0.1) is 0 Å². The van der Waals surface area contributed by atoms with Crippen LogP contribution in [-0.2, 0) is 16.4 Å². The Morgan fingerprint density at radius 1 is 1.14 bits per heavy atom. The Balaban J connectivity index is 2.14. The zero-order valence-corrected chi connectivity index (χ0v) is 13.5. The topological polar surface area (TPSA) is 46.2 Å². The molecule has 3 nitrogen and oxygen atoms in total. The summed E-state index contributed by atoms with van der Waals surface area (Å²) >= 11 is 0. The lowest BCUT2D eigenvalue weighted by atomic mass is 10.1. The van der Waals surface area contributed by atoms with Gasteiger partial charge in [0.1, 0.15) is 15.7 Å². The fraction of sp³-hybridized carbons (Fsp3) is 0.294. The number of aryl methyl sites for hydroxylation is 1. The van der Waals surface area contributed by atoms with Gasteiger partial charge < -0.3 is 5.32 Å². The summed E-state index contributed by atoms with van der Waals surface area (Å²) in [7, 11) is -3.11. The Bertz CT molecular complexity index is 730. The molecule has 22 heavy (non-hydrogen) atoms. The van der Waals surface area contributed by atoms with E-state index in [0.29, 0.717) is 12.1 Å². The predicted molar refractivity (Wildman–Crippen MR) is 86.9 cm³/mol. The summed E-state index contributed by atoms with van der Waals surface area (Å²) in [5, 5.41) is 3.25. The smallest absolute Gasteiger partial charge is 0.149 e. The highest BCUT2D eigenvalue weighted by atomic mass is 32.2.